The van der Waals surface area contributed by atoms with Gasteiger partial charge in [0.05, 0.1) is 29.7 Å². The summed E-state index contributed by atoms with van der Waals surface area (Å²) in [4.78, 5) is 35.9. The molecule has 0 aliphatic rings. The number of rotatable bonds is 14. The van der Waals surface area contributed by atoms with Gasteiger partial charge in [0.2, 0.25) is 5.91 Å². The topological polar surface area (TPSA) is 105 Å². The van der Waals surface area contributed by atoms with Gasteiger partial charge in [-0.2, -0.15) is 0 Å². The highest BCUT2D eigenvalue weighted by Crippen LogP contribution is 2.39. The lowest BCUT2D eigenvalue weighted by Gasteiger charge is -2.42. The average molecular weight is 699 g/mol. The number of hydrogen-bond acceptors (Lipinski definition) is 5. The molecule has 2 amide bonds. The lowest BCUT2D eigenvalue weighted by atomic mass is 9.88. The largest absolute Gasteiger partial charge is 0.444 e. The Balaban J connectivity index is 1.69. The molecule has 0 saturated carbocycles. The molecule has 0 radical (unpaired) electrons. The van der Waals surface area contributed by atoms with Crippen LogP contribution in [0.4, 0.5) is 4.79 Å². The smallest absolute Gasteiger partial charge is 0.407 e. The van der Waals surface area contributed by atoms with Crippen LogP contribution in [0.5, 0.6) is 0 Å². The number of aromatic nitrogens is 2. The molecule has 9 heteroatoms. The number of hydrogen-bond donors (Lipinski definition) is 3. The lowest BCUT2D eigenvalue weighted by molar-refractivity contribution is -0.126. The molecule has 4 aromatic rings. The number of alkyl carbamates (subject to hydrolysis) is 1. The van der Waals surface area contributed by atoms with Gasteiger partial charge < -0.3 is 24.8 Å². The number of benzene rings is 3. The molecule has 1 heterocycles. The fourth-order valence-electron chi connectivity index (χ4n) is 5.88. The number of imidazole rings is 1. The third-order valence-electron chi connectivity index (χ3n) is 9.56. The van der Waals surface area contributed by atoms with E-state index in [2.05, 4.69) is 93.7 Å². The number of carbonyl (C=O) groups excluding carboxylic acids is 2. The van der Waals surface area contributed by atoms with E-state index >= 15 is 0 Å². The van der Waals surface area contributed by atoms with Crippen LogP contribution in [0.1, 0.15) is 90.2 Å². The number of H-pyrrole nitrogens is 1. The monoisotopic (exact) mass is 698 g/mol. The third-order valence-corrected chi connectivity index (χ3v) is 14.1. The van der Waals surface area contributed by atoms with Crippen LogP contribution < -0.4 is 10.6 Å². The van der Waals surface area contributed by atoms with Crippen LogP contribution in [0.25, 0.3) is 11.0 Å². The fourth-order valence-corrected chi connectivity index (χ4v) is 7.26. The molecule has 50 heavy (non-hydrogen) atoms. The van der Waals surface area contributed by atoms with Gasteiger partial charge in [0.1, 0.15) is 11.4 Å². The fraction of sp³-hybridized carbons (Fsp3) is 0.488. The summed E-state index contributed by atoms with van der Waals surface area (Å²) in [5, 5.41) is 6.28. The third kappa shape index (κ3) is 11.0. The van der Waals surface area contributed by atoms with Gasteiger partial charge in [0.15, 0.2) is 8.32 Å². The molecular weight excluding hydrogens is 641 g/mol. The first-order chi connectivity index (χ1) is 23.4. The maximum absolute atomic E-state index is 14.3. The Morgan fingerprint density at radius 1 is 0.840 bits per heavy atom. The number of para-hydroxylation sites is 1. The molecule has 0 unspecified atom stereocenters. The maximum atomic E-state index is 14.3. The predicted octanol–water partition coefficient (Wildman–Crippen LogP) is 9.08. The SMILES string of the molecule is CC(C)c1cccc2[nH]c(CNC(=O)[C@H](Cc3ccccc3)C[C@H](O[Si](C)(C)C(C)(C)C)[C@H](Cc3ccccc3)NC(=O)OC(C)(C)C)nc12. The normalized spacial score (nSPS) is 14.3. The number of aromatic amines is 1. The second-order valence-electron chi connectivity index (χ2n) is 16.3. The van der Waals surface area contributed by atoms with Crippen molar-refractivity contribution in [3.63, 3.8) is 0 Å². The Bertz CT molecular complexity index is 1690. The molecule has 8 nitrogen and oxygen atoms in total. The number of ether oxygens (including phenoxy) is 1. The number of amides is 2. The van der Waals surface area contributed by atoms with E-state index in [4.69, 9.17) is 14.1 Å². The standard InChI is InChI=1S/C41H58N4O4Si/c1-28(2)32-22-17-23-33-37(32)45-36(43-33)27-42-38(46)31(24-29-18-13-11-14-19-29)26-35(49-50(9,10)41(6,7)8)34(25-30-20-15-12-16-21-30)44-39(47)48-40(3,4)5/h11-23,28,31,34-35H,24-27H2,1-10H3,(H,42,46)(H,43,45)(H,44,47)/t31-,34+,35+/m1/s1. The van der Waals surface area contributed by atoms with Crippen LogP contribution in [0.3, 0.4) is 0 Å². The van der Waals surface area contributed by atoms with E-state index in [1.807, 2.05) is 69.3 Å². The Labute approximate surface area is 300 Å². The zero-order valence-electron chi connectivity index (χ0n) is 31.7. The van der Waals surface area contributed by atoms with Crippen molar-refractivity contribution >= 4 is 31.4 Å². The quantitative estimate of drug-likeness (QED) is 0.114. The zero-order valence-corrected chi connectivity index (χ0v) is 32.7. The molecule has 0 aliphatic heterocycles. The molecule has 3 atom stereocenters. The summed E-state index contributed by atoms with van der Waals surface area (Å²) >= 11 is 0. The highest BCUT2D eigenvalue weighted by atomic mass is 28.4. The zero-order chi connectivity index (χ0) is 36.7. The van der Waals surface area contributed by atoms with Crippen molar-refractivity contribution in [1.29, 1.82) is 0 Å². The van der Waals surface area contributed by atoms with Crippen LogP contribution in [0, 0.1) is 5.92 Å². The van der Waals surface area contributed by atoms with Crippen molar-refractivity contribution in [2.45, 2.75) is 123 Å². The van der Waals surface area contributed by atoms with E-state index in [0.29, 0.717) is 31.0 Å². The average Bonchev–Trinajstić information content (AvgIpc) is 3.45. The maximum Gasteiger partial charge on any atom is 0.407 e. The molecule has 0 fully saturated rings. The number of nitrogens with zero attached hydrogens (tertiary/aromatic N) is 1. The predicted molar refractivity (Wildman–Crippen MR) is 206 cm³/mol. The molecule has 270 valence electrons. The molecule has 3 N–H and O–H groups in total. The highest BCUT2D eigenvalue weighted by Gasteiger charge is 2.42. The van der Waals surface area contributed by atoms with Crippen molar-refractivity contribution in [2.75, 3.05) is 0 Å². The highest BCUT2D eigenvalue weighted by molar-refractivity contribution is 6.74. The molecular formula is C41H58N4O4Si. The van der Waals surface area contributed by atoms with E-state index in [-0.39, 0.29) is 17.5 Å². The first-order valence-corrected chi connectivity index (χ1v) is 20.8. The van der Waals surface area contributed by atoms with Crippen molar-refractivity contribution < 1.29 is 18.8 Å². The first kappa shape index (κ1) is 38.8. The van der Waals surface area contributed by atoms with Crippen LogP contribution in [-0.4, -0.2) is 48.0 Å². The minimum Gasteiger partial charge on any atom is -0.444 e. The molecule has 0 bridgehead atoms. The Kier molecular flexibility index (Phi) is 12.7. The lowest BCUT2D eigenvalue weighted by Crippen LogP contribution is -2.54. The summed E-state index contributed by atoms with van der Waals surface area (Å²) in [6.45, 7) is 21.2. The van der Waals surface area contributed by atoms with Gasteiger partial charge >= 0.3 is 6.09 Å². The summed E-state index contributed by atoms with van der Waals surface area (Å²) in [7, 11) is -2.38. The molecule has 0 aliphatic carbocycles. The summed E-state index contributed by atoms with van der Waals surface area (Å²) in [5.41, 5.74) is 4.52. The second-order valence-corrected chi connectivity index (χ2v) is 21.0. The second kappa shape index (κ2) is 16.4. The van der Waals surface area contributed by atoms with Crippen molar-refractivity contribution in [3.05, 3.63) is 101 Å². The molecule has 3 aromatic carbocycles. The van der Waals surface area contributed by atoms with Crippen molar-refractivity contribution in [2.24, 2.45) is 5.92 Å². The Hall–Kier alpha value is -3.95. The Morgan fingerprint density at radius 3 is 2.00 bits per heavy atom. The number of fused-ring (bicyclic) bond motifs is 1. The van der Waals surface area contributed by atoms with Gasteiger partial charge in [0.25, 0.3) is 0 Å². The van der Waals surface area contributed by atoms with Gasteiger partial charge in [-0.25, -0.2) is 9.78 Å². The van der Waals surface area contributed by atoms with Crippen LogP contribution >= 0.6 is 0 Å². The van der Waals surface area contributed by atoms with E-state index in [0.717, 1.165) is 22.2 Å². The van der Waals surface area contributed by atoms with Gasteiger partial charge in [-0.15, -0.1) is 0 Å². The minimum atomic E-state index is -2.38. The summed E-state index contributed by atoms with van der Waals surface area (Å²) < 4.78 is 12.9. The summed E-state index contributed by atoms with van der Waals surface area (Å²) in [6, 6.07) is 25.9. The number of carbonyl (C=O) groups is 2. The van der Waals surface area contributed by atoms with Gasteiger partial charge in [-0.1, -0.05) is 107 Å². The van der Waals surface area contributed by atoms with Crippen LogP contribution in [0.15, 0.2) is 78.9 Å². The van der Waals surface area contributed by atoms with Gasteiger partial charge in [-0.05, 0) is 86.8 Å². The van der Waals surface area contributed by atoms with E-state index in [9.17, 15) is 9.59 Å². The van der Waals surface area contributed by atoms with Crippen LogP contribution in [0.2, 0.25) is 18.1 Å². The molecule has 1 aromatic heterocycles. The summed E-state index contributed by atoms with van der Waals surface area (Å²) in [5.74, 6) is 0.512. The Morgan fingerprint density at radius 2 is 1.44 bits per heavy atom. The van der Waals surface area contributed by atoms with Crippen molar-refractivity contribution in [3.8, 4) is 0 Å². The summed E-state index contributed by atoms with van der Waals surface area (Å²) in [6.07, 6.45) is 0.473. The minimum absolute atomic E-state index is 0.0852. The van der Waals surface area contributed by atoms with E-state index < -0.39 is 38.1 Å². The molecule has 0 spiro atoms. The number of nitrogens with one attached hydrogen (secondary N) is 3. The van der Waals surface area contributed by atoms with Crippen molar-refractivity contribution in [1.82, 2.24) is 20.6 Å². The van der Waals surface area contributed by atoms with Crippen LogP contribution in [-0.2, 0) is 33.3 Å². The van der Waals surface area contributed by atoms with Gasteiger partial charge in [0, 0.05) is 5.92 Å². The molecule has 0 saturated heterocycles. The van der Waals surface area contributed by atoms with Gasteiger partial charge in [-0.3, -0.25) is 4.79 Å². The first-order valence-electron chi connectivity index (χ1n) is 17.9. The van der Waals surface area contributed by atoms with E-state index in [1.165, 1.54) is 5.56 Å². The van der Waals surface area contributed by atoms with E-state index in [1.54, 1.807) is 0 Å². The molecule has 4 rings (SSSR count).